The van der Waals surface area contributed by atoms with Crippen molar-refractivity contribution >= 4 is 40.1 Å². The molecule has 0 aromatic heterocycles. The number of para-hydroxylation sites is 1. The van der Waals surface area contributed by atoms with Gasteiger partial charge in [0.15, 0.2) is 5.17 Å². The van der Waals surface area contributed by atoms with Crippen LogP contribution in [0, 0.1) is 0 Å². The molecule has 1 aliphatic rings. The van der Waals surface area contributed by atoms with Gasteiger partial charge in [0.1, 0.15) is 16.7 Å². The Balaban J connectivity index is 1.52. The minimum Gasteiger partial charge on any atom is -0.497 e. The van der Waals surface area contributed by atoms with Crippen molar-refractivity contribution in [2.75, 3.05) is 19.5 Å². The fourth-order valence-electron chi connectivity index (χ4n) is 3.52. The van der Waals surface area contributed by atoms with Gasteiger partial charge in [-0.15, -0.1) is 0 Å². The van der Waals surface area contributed by atoms with E-state index in [1.54, 1.807) is 30.2 Å². The second kappa shape index (κ2) is 10.9. The SMILES string of the molecule is COc1ccc(NC(=O)CC2SC(=Nc3ccccc3)N(Cc3ccccc3)C2=O)c(OC)c1. The van der Waals surface area contributed by atoms with Crippen LogP contribution in [0.25, 0.3) is 0 Å². The Hall–Kier alpha value is -3.78. The van der Waals surface area contributed by atoms with Gasteiger partial charge in [0.05, 0.1) is 32.1 Å². The number of amidine groups is 1. The van der Waals surface area contributed by atoms with E-state index in [1.807, 2.05) is 60.7 Å². The molecule has 3 aromatic carbocycles. The number of hydrogen-bond donors (Lipinski definition) is 1. The highest BCUT2D eigenvalue weighted by molar-refractivity contribution is 8.15. The van der Waals surface area contributed by atoms with Gasteiger partial charge in [0.25, 0.3) is 0 Å². The monoisotopic (exact) mass is 475 g/mol. The van der Waals surface area contributed by atoms with Crippen LogP contribution >= 0.6 is 11.8 Å². The van der Waals surface area contributed by atoms with Crippen molar-refractivity contribution in [3.63, 3.8) is 0 Å². The lowest BCUT2D eigenvalue weighted by molar-refractivity contribution is -0.128. The lowest BCUT2D eigenvalue weighted by Gasteiger charge is -2.16. The fourth-order valence-corrected chi connectivity index (χ4v) is 4.68. The van der Waals surface area contributed by atoms with E-state index in [2.05, 4.69) is 5.32 Å². The topological polar surface area (TPSA) is 80.2 Å². The summed E-state index contributed by atoms with van der Waals surface area (Å²) in [4.78, 5) is 32.5. The molecule has 1 heterocycles. The maximum Gasteiger partial charge on any atom is 0.242 e. The Morgan fingerprint density at radius 1 is 1.00 bits per heavy atom. The van der Waals surface area contributed by atoms with Crippen molar-refractivity contribution in [1.29, 1.82) is 0 Å². The first-order chi connectivity index (χ1) is 16.6. The molecule has 0 aliphatic carbocycles. The molecule has 0 radical (unpaired) electrons. The Labute approximate surface area is 202 Å². The summed E-state index contributed by atoms with van der Waals surface area (Å²) in [5, 5.41) is 2.86. The number of anilines is 1. The Bertz CT molecular complexity index is 1190. The number of thioether (sulfide) groups is 1. The molecule has 7 nitrogen and oxygen atoms in total. The number of nitrogens with one attached hydrogen (secondary N) is 1. The molecular weight excluding hydrogens is 450 g/mol. The number of benzene rings is 3. The zero-order chi connectivity index (χ0) is 23.9. The van der Waals surface area contributed by atoms with Crippen LogP contribution in [0.1, 0.15) is 12.0 Å². The molecule has 4 rings (SSSR count). The highest BCUT2D eigenvalue weighted by Gasteiger charge is 2.39. The average Bonchev–Trinajstić information content (AvgIpc) is 3.14. The number of amides is 2. The second-order valence-corrected chi connectivity index (χ2v) is 8.73. The molecule has 1 saturated heterocycles. The first-order valence-electron chi connectivity index (χ1n) is 10.7. The van der Waals surface area contributed by atoms with Gasteiger partial charge in [0, 0.05) is 12.5 Å². The highest BCUT2D eigenvalue weighted by atomic mass is 32.2. The number of aliphatic imine (C=N–C) groups is 1. The maximum absolute atomic E-state index is 13.3. The van der Waals surface area contributed by atoms with Gasteiger partial charge in [-0.1, -0.05) is 60.3 Å². The molecular formula is C26H25N3O4S. The van der Waals surface area contributed by atoms with Crippen LogP contribution in [0.5, 0.6) is 11.5 Å². The zero-order valence-electron chi connectivity index (χ0n) is 18.9. The van der Waals surface area contributed by atoms with Crippen molar-refractivity contribution in [2.24, 2.45) is 4.99 Å². The number of ether oxygens (including phenoxy) is 2. The third kappa shape index (κ3) is 5.58. The molecule has 8 heteroatoms. The van der Waals surface area contributed by atoms with Crippen LogP contribution in [0.2, 0.25) is 0 Å². The van der Waals surface area contributed by atoms with E-state index >= 15 is 0 Å². The predicted octanol–water partition coefficient (Wildman–Crippen LogP) is 4.86. The molecule has 0 spiro atoms. The standard InChI is InChI=1S/C26H25N3O4S/c1-32-20-13-14-21(22(15-20)33-2)28-24(30)16-23-25(31)29(17-18-9-5-3-6-10-18)26(34-23)27-19-11-7-4-8-12-19/h3-15,23H,16-17H2,1-2H3,(H,28,30). The fraction of sp³-hybridized carbons (Fsp3) is 0.192. The Morgan fingerprint density at radius 2 is 1.71 bits per heavy atom. The smallest absolute Gasteiger partial charge is 0.242 e. The predicted molar refractivity (Wildman–Crippen MR) is 135 cm³/mol. The number of rotatable bonds is 8. The van der Waals surface area contributed by atoms with Gasteiger partial charge in [-0.05, 0) is 29.8 Å². The summed E-state index contributed by atoms with van der Waals surface area (Å²) in [7, 11) is 3.08. The molecule has 1 aliphatic heterocycles. The molecule has 3 aromatic rings. The molecule has 34 heavy (non-hydrogen) atoms. The Morgan fingerprint density at radius 3 is 2.38 bits per heavy atom. The number of hydrogen-bond acceptors (Lipinski definition) is 6. The van der Waals surface area contributed by atoms with Gasteiger partial charge in [-0.3, -0.25) is 14.5 Å². The first kappa shape index (κ1) is 23.4. The van der Waals surface area contributed by atoms with Crippen molar-refractivity contribution in [1.82, 2.24) is 4.90 Å². The van der Waals surface area contributed by atoms with E-state index in [0.29, 0.717) is 28.9 Å². The van der Waals surface area contributed by atoms with Gasteiger partial charge >= 0.3 is 0 Å². The summed E-state index contributed by atoms with van der Waals surface area (Å²) in [6.45, 7) is 0.392. The van der Waals surface area contributed by atoms with Crippen LogP contribution < -0.4 is 14.8 Å². The summed E-state index contributed by atoms with van der Waals surface area (Å²) >= 11 is 1.31. The molecule has 174 valence electrons. The molecule has 0 saturated carbocycles. The molecule has 0 bridgehead atoms. The third-order valence-electron chi connectivity index (χ3n) is 5.24. The number of carbonyl (C=O) groups is 2. The normalized spacial score (nSPS) is 16.5. The number of methoxy groups -OCH3 is 2. The largest absolute Gasteiger partial charge is 0.497 e. The molecule has 2 amide bonds. The van der Waals surface area contributed by atoms with E-state index in [-0.39, 0.29) is 18.2 Å². The number of nitrogens with zero attached hydrogens (tertiary/aromatic N) is 2. The lowest BCUT2D eigenvalue weighted by atomic mass is 10.2. The van der Waals surface area contributed by atoms with Gasteiger partial charge in [0.2, 0.25) is 11.8 Å². The van der Waals surface area contributed by atoms with Gasteiger partial charge in [-0.25, -0.2) is 4.99 Å². The average molecular weight is 476 g/mol. The van der Waals surface area contributed by atoms with E-state index in [1.165, 1.54) is 18.9 Å². The minimum atomic E-state index is -0.574. The van der Waals surface area contributed by atoms with Gasteiger partial charge in [-0.2, -0.15) is 0 Å². The lowest BCUT2D eigenvalue weighted by Crippen LogP contribution is -2.33. The molecule has 1 fully saturated rings. The molecule has 1 N–H and O–H groups in total. The van der Waals surface area contributed by atoms with E-state index in [4.69, 9.17) is 14.5 Å². The van der Waals surface area contributed by atoms with Crippen LogP contribution in [-0.4, -0.2) is 41.4 Å². The first-order valence-corrected chi connectivity index (χ1v) is 11.6. The summed E-state index contributed by atoms with van der Waals surface area (Å²) < 4.78 is 10.6. The second-order valence-electron chi connectivity index (χ2n) is 7.56. The minimum absolute atomic E-state index is 0.0117. The van der Waals surface area contributed by atoms with Crippen molar-refractivity contribution in [2.45, 2.75) is 18.2 Å². The van der Waals surface area contributed by atoms with E-state index in [9.17, 15) is 9.59 Å². The van der Waals surface area contributed by atoms with E-state index in [0.717, 1.165) is 11.3 Å². The van der Waals surface area contributed by atoms with Crippen molar-refractivity contribution in [3.05, 3.63) is 84.4 Å². The van der Waals surface area contributed by atoms with Crippen molar-refractivity contribution in [3.8, 4) is 11.5 Å². The van der Waals surface area contributed by atoms with Crippen LogP contribution in [0.3, 0.4) is 0 Å². The third-order valence-corrected chi connectivity index (χ3v) is 6.41. The Kier molecular flexibility index (Phi) is 7.49. The summed E-state index contributed by atoms with van der Waals surface area (Å²) in [5.41, 5.74) is 2.26. The van der Waals surface area contributed by atoms with Crippen LogP contribution in [-0.2, 0) is 16.1 Å². The van der Waals surface area contributed by atoms with Crippen molar-refractivity contribution < 1.29 is 19.1 Å². The van der Waals surface area contributed by atoms with E-state index < -0.39 is 5.25 Å². The van der Waals surface area contributed by atoms with Gasteiger partial charge < -0.3 is 14.8 Å². The number of carbonyl (C=O) groups excluding carboxylic acids is 2. The highest BCUT2D eigenvalue weighted by Crippen LogP contribution is 2.34. The maximum atomic E-state index is 13.3. The summed E-state index contributed by atoms with van der Waals surface area (Å²) in [5.74, 6) is 0.681. The van der Waals surface area contributed by atoms with Crippen LogP contribution in [0.15, 0.2) is 83.9 Å². The quantitative estimate of drug-likeness (QED) is 0.503. The molecule has 1 atom stereocenters. The molecule has 1 unspecified atom stereocenters. The zero-order valence-corrected chi connectivity index (χ0v) is 19.7. The van der Waals surface area contributed by atoms with Crippen LogP contribution in [0.4, 0.5) is 11.4 Å². The summed E-state index contributed by atoms with van der Waals surface area (Å²) in [6.07, 6.45) is 0.0117. The summed E-state index contributed by atoms with van der Waals surface area (Å²) in [6, 6.07) is 24.4.